The zero-order valence-electron chi connectivity index (χ0n) is 16.4. The first-order chi connectivity index (χ1) is 11.1. The van der Waals surface area contributed by atoms with E-state index in [2.05, 4.69) is 13.8 Å². The van der Waals surface area contributed by atoms with Crippen LogP contribution in [0.25, 0.3) is 0 Å². The van der Waals surface area contributed by atoms with Gasteiger partial charge in [-0.3, -0.25) is 9.59 Å². The standard InChI is InChI=1S/C20H36O4/c1-7-13-19(3,4)17(21)23-15-11-9-10-12-16(15)24-18(22)20(5,6)14-8-2/h15-16H,7-14H2,1-6H3. The summed E-state index contributed by atoms with van der Waals surface area (Å²) in [6.45, 7) is 11.8. The lowest BCUT2D eigenvalue weighted by molar-refractivity contribution is -0.183. The van der Waals surface area contributed by atoms with Crippen LogP contribution in [0.1, 0.15) is 92.9 Å². The highest BCUT2D eigenvalue weighted by Crippen LogP contribution is 2.32. The molecule has 0 heterocycles. The van der Waals surface area contributed by atoms with Crippen molar-refractivity contribution in [3.8, 4) is 0 Å². The lowest BCUT2D eigenvalue weighted by atomic mass is 9.87. The Morgan fingerprint density at radius 2 is 1.12 bits per heavy atom. The summed E-state index contributed by atoms with van der Waals surface area (Å²) in [6, 6.07) is 0. The number of carbonyl (C=O) groups is 2. The first kappa shape index (κ1) is 21.0. The van der Waals surface area contributed by atoms with Gasteiger partial charge in [0.2, 0.25) is 0 Å². The van der Waals surface area contributed by atoms with Crippen molar-refractivity contribution in [2.75, 3.05) is 0 Å². The predicted molar refractivity (Wildman–Crippen MR) is 95.6 cm³/mol. The number of esters is 2. The molecule has 0 aromatic rings. The van der Waals surface area contributed by atoms with Gasteiger partial charge in [0, 0.05) is 0 Å². The topological polar surface area (TPSA) is 52.6 Å². The third-order valence-electron chi connectivity index (χ3n) is 5.01. The van der Waals surface area contributed by atoms with Crippen molar-refractivity contribution in [2.24, 2.45) is 10.8 Å². The van der Waals surface area contributed by atoms with Gasteiger partial charge in [-0.15, -0.1) is 0 Å². The lowest BCUT2D eigenvalue weighted by Gasteiger charge is -2.35. The van der Waals surface area contributed by atoms with Crippen molar-refractivity contribution >= 4 is 11.9 Å². The molecule has 1 aliphatic carbocycles. The van der Waals surface area contributed by atoms with Crippen molar-refractivity contribution in [2.45, 2.75) is 105 Å². The lowest BCUT2D eigenvalue weighted by Crippen LogP contribution is -2.42. The smallest absolute Gasteiger partial charge is 0.311 e. The first-order valence-corrected chi connectivity index (χ1v) is 9.56. The van der Waals surface area contributed by atoms with Crippen LogP contribution in [0, 0.1) is 10.8 Å². The summed E-state index contributed by atoms with van der Waals surface area (Å²) in [5.74, 6) is -0.352. The van der Waals surface area contributed by atoms with Crippen molar-refractivity contribution in [1.29, 1.82) is 0 Å². The molecule has 0 amide bonds. The second-order valence-electron chi connectivity index (χ2n) is 8.44. The minimum Gasteiger partial charge on any atom is -0.458 e. The van der Waals surface area contributed by atoms with Gasteiger partial charge < -0.3 is 9.47 Å². The van der Waals surface area contributed by atoms with Gasteiger partial charge >= 0.3 is 11.9 Å². The van der Waals surface area contributed by atoms with Crippen LogP contribution < -0.4 is 0 Å². The number of ether oxygens (including phenoxy) is 2. The first-order valence-electron chi connectivity index (χ1n) is 9.56. The molecular formula is C20H36O4. The van der Waals surface area contributed by atoms with E-state index in [4.69, 9.17) is 9.47 Å². The SMILES string of the molecule is CCCC(C)(C)C(=O)OC1CCCCC1OC(=O)C(C)(C)CCC. The van der Waals surface area contributed by atoms with Gasteiger partial charge in [0.15, 0.2) is 0 Å². The molecule has 0 aliphatic heterocycles. The molecule has 0 N–H and O–H groups in total. The second kappa shape index (κ2) is 8.87. The molecule has 24 heavy (non-hydrogen) atoms. The molecule has 4 nitrogen and oxygen atoms in total. The van der Waals surface area contributed by atoms with Crippen LogP contribution in [-0.4, -0.2) is 24.1 Å². The van der Waals surface area contributed by atoms with Gasteiger partial charge in [-0.25, -0.2) is 0 Å². The van der Waals surface area contributed by atoms with Gasteiger partial charge in [0.1, 0.15) is 12.2 Å². The largest absolute Gasteiger partial charge is 0.458 e. The highest BCUT2D eigenvalue weighted by atomic mass is 16.6. The average Bonchev–Trinajstić information content (AvgIpc) is 2.48. The van der Waals surface area contributed by atoms with Crippen molar-refractivity contribution in [3.63, 3.8) is 0 Å². The van der Waals surface area contributed by atoms with E-state index >= 15 is 0 Å². The van der Waals surface area contributed by atoms with Crippen LogP contribution in [0.2, 0.25) is 0 Å². The molecule has 1 aliphatic rings. The van der Waals surface area contributed by atoms with Crippen molar-refractivity contribution in [1.82, 2.24) is 0 Å². The van der Waals surface area contributed by atoms with E-state index < -0.39 is 10.8 Å². The van der Waals surface area contributed by atoms with E-state index in [0.29, 0.717) is 0 Å². The van der Waals surface area contributed by atoms with Gasteiger partial charge in [-0.05, 0) is 66.2 Å². The minimum absolute atomic E-state index is 0.176. The molecule has 0 spiro atoms. The molecule has 1 fully saturated rings. The Bertz CT molecular complexity index is 385. The van der Waals surface area contributed by atoms with E-state index in [1.165, 1.54) is 0 Å². The Morgan fingerprint density at radius 3 is 1.42 bits per heavy atom. The van der Waals surface area contributed by atoms with Crippen LogP contribution in [-0.2, 0) is 19.1 Å². The van der Waals surface area contributed by atoms with Gasteiger partial charge in [-0.1, -0.05) is 26.7 Å². The molecule has 0 bridgehead atoms. The Morgan fingerprint density at radius 1 is 0.792 bits per heavy atom. The molecule has 4 heteroatoms. The maximum Gasteiger partial charge on any atom is 0.311 e. The maximum atomic E-state index is 12.5. The van der Waals surface area contributed by atoms with Gasteiger partial charge in [0.05, 0.1) is 10.8 Å². The molecule has 0 saturated heterocycles. The zero-order valence-corrected chi connectivity index (χ0v) is 16.4. The molecule has 2 unspecified atom stereocenters. The summed E-state index contributed by atoms with van der Waals surface area (Å²) in [5, 5.41) is 0. The van der Waals surface area contributed by atoms with E-state index in [1.54, 1.807) is 0 Å². The molecule has 0 radical (unpaired) electrons. The summed E-state index contributed by atoms with van der Waals surface area (Å²) in [7, 11) is 0. The minimum atomic E-state index is -0.484. The van der Waals surface area contributed by atoms with Crippen molar-refractivity contribution < 1.29 is 19.1 Å². The summed E-state index contributed by atoms with van der Waals surface area (Å²) in [6.07, 6.45) is 6.45. The quantitative estimate of drug-likeness (QED) is 0.581. The number of hydrogen-bond donors (Lipinski definition) is 0. The Kier molecular flexibility index (Phi) is 7.75. The summed E-state index contributed by atoms with van der Waals surface area (Å²) < 4.78 is 11.6. The van der Waals surface area contributed by atoms with Crippen LogP contribution >= 0.6 is 0 Å². The fraction of sp³-hybridized carbons (Fsp3) is 0.900. The van der Waals surface area contributed by atoms with E-state index in [1.807, 2.05) is 27.7 Å². The Balaban J connectivity index is 2.72. The van der Waals surface area contributed by atoms with E-state index in [0.717, 1.165) is 51.4 Å². The monoisotopic (exact) mass is 340 g/mol. The maximum absolute atomic E-state index is 12.5. The number of carbonyl (C=O) groups excluding carboxylic acids is 2. The van der Waals surface area contributed by atoms with Crippen LogP contribution in [0.3, 0.4) is 0 Å². The number of hydrogen-bond acceptors (Lipinski definition) is 4. The Hall–Kier alpha value is -1.06. The molecule has 0 aromatic carbocycles. The van der Waals surface area contributed by atoms with Crippen LogP contribution in [0.4, 0.5) is 0 Å². The fourth-order valence-corrected chi connectivity index (χ4v) is 3.38. The van der Waals surface area contributed by atoms with E-state index in [9.17, 15) is 9.59 Å². The fourth-order valence-electron chi connectivity index (χ4n) is 3.38. The van der Waals surface area contributed by atoms with E-state index in [-0.39, 0.29) is 24.1 Å². The average molecular weight is 341 g/mol. The van der Waals surface area contributed by atoms with Crippen molar-refractivity contribution in [3.05, 3.63) is 0 Å². The molecule has 0 aromatic heterocycles. The van der Waals surface area contributed by atoms with Crippen LogP contribution in [0.5, 0.6) is 0 Å². The molecular weight excluding hydrogens is 304 g/mol. The van der Waals surface area contributed by atoms with Gasteiger partial charge in [-0.2, -0.15) is 0 Å². The molecule has 140 valence electrons. The van der Waals surface area contributed by atoms with Gasteiger partial charge in [0.25, 0.3) is 0 Å². The zero-order chi connectivity index (χ0) is 18.4. The summed E-state index contributed by atoms with van der Waals surface area (Å²) in [4.78, 5) is 25.0. The Labute approximate surface area is 147 Å². The summed E-state index contributed by atoms with van der Waals surface area (Å²) >= 11 is 0. The highest BCUT2D eigenvalue weighted by molar-refractivity contribution is 5.77. The molecule has 1 rings (SSSR count). The second-order valence-corrected chi connectivity index (χ2v) is 8.44. The third kappa shape index (κ3) is 5.78. The summed E-state index contributed by atoms with van der Waals surface area (Å²) in [5.41, 5.74) is -0.968. The third-order valence-corrected chi connectivity index (χ3v) is 5.01. The molecule has 1 saturated carbocycles. The normalized spacial score (nSPS) is 22.1. The molecule has 2 atom stereocenters. The number of rotatable bonds is 8. The highest BCUT2D eigenvalue weighted by Gasteiger charge is 2.38. The predicted octanol–water partition coefficient (Wildman–Crippen LogP) is 5.04. The van der Waals surface area contributed by atoms with Crippen LogP contribution in [0.15, 0.2) is 0 Å².